The quantitative estimate of drug-likeness (QED) is 0.642. The average Bonchev–Trinajstić information content (AvgIpc) is 2.43. The highest BCUT2D eigenvalue weighted by molar-refractivity contribution is 7.99. The van der Waals surface area contributed by atoms with Crippen molar-refractivity contribution in [1.29, 1.82) is 0 Å². The first-order valence-electron chi connectivity index (χ1n) is 5.75. The fourth-order valence-corrected chi connectivity index (χ4v) is 2.92. The molecule has 2 rings (SSSR count). The number of rotatable bonds is 4. The topological polar surface area (TPSA) is 56.5 Å². The molecule has 0 aliphatic carbocycles. The summed E-state index contributed by atoms with van der Waals surface area (Å²) in [6.07, 6.45) is -0.129. The van der Waals surface area contributed by atoms with E-state index in [1.54, 1.807) is 30.0 Å². The summed E-state index contributed by atoms with van der Waals surface area (Å²) in [6.45, 7) is 0.666. The van der Waals surface area contributed by atoms with Crippen LogP contribution in [-0.2, 0) is 4.74 Å². The van der Waals surface area contributed by atoms with Gasteiger partial charge < -0.3 is 9.47 Å². The predicted molar refractivity (Wildman–Crippen MR) is 70.1 cm³/mol. The zero-order chi connectivity index (χ0) is 13.0. The zero-order valence-electron chi connectivity index (χ0n) is 10.2. The van der Waals surface area contributed by atoms with Crippen molar-refractivity contribution in [3.8, 4) is 5.75 Å². The van der Waals surface area contributed by atoms with Crippen molar-refractivity contribution in [3.05, 3.63) is 29.6 Å². The molecule has 6 heteroatoms. The molecule has 3 N–H and O–H groups in total. The Hall–Kier alpha value is -0.820. The Labute approximate surface area is 110 Å². The van der Waals surface area contributed by atoms with Gasteiger partial charge in [-0.05, 0) is 6.07 Å². The lowest BCUT2D eigenvalue weighted by atomic mass is 10.0. The molecular formula is C12H17FN2O2S. The van der Waals surface area contributed by atoms with Gasteiger partial charge in [-0.2, -0.15) is 11.8 Å². The monoisotopic (exact) mass is 272 g/mol. The smallest absolute Gasteiger partial charge is 0.169 e. The molecule has 0 amide bonds. The number of ether oxygens (including phenoxy) is 2. The summed E-state index contributed by atoms with van der Waals surface area (Å²) in [6, 6.07) is 4.67. The van der Waals surface area contributed by atoms with Crippen LogP contribution in [0.4, 0.5) is 4.39 Å². The van der Waals surface area contributed by atoms with E-state index in [1.165, 1.54) is 7.11 Å². The number of thioether (sulfide) groups is 1. The fourth-order valence-electron chi connectivity index (χ4n) is 2.02. The molecular weight excluding hydrogens is 255 g/mol. The highest BCUT2D eigenvalue weighted by Crippen LogP contribution is 2.30. The molecule has 1 fully saturated rings. The van der Waals surface area contributed by atoms with Crippen molar-refractivity contribution in [2.75, 3.05) is 25.2 Å². The van der Waals surface area contributed by atoms with Gasteiger partial charge in [0, 0.05) is 17.1 Å². The standard InChI is InChI=1S/C12H17FN2O2S/c1-16-9-4-2-3-8(11(9)13)12(15-14)10-7-18-6-5-17-10/h2-4,10,12,15H,5-7,14H2,1H3. The number of nitrogens with two attached hydrogens (primary N) is 1. The molecule has 18 heavy (non-hydrogen) atoms. The second-order valence-electron chi connectivity index (χ2n) is 3.99. The lowest BCUT2D eigenvalue weighted by Gasteiger charge is -2.30. The lowest BCUT2D eigenvalue weighted by molar-refractivity contribution is 0.0457. The maximum absolute atomic E-state index is 14.2. The Bertz CT molecular complexity index is 400. The lowest BCUT2D eigenvalue weighted by Crippen LogP contribution is -2.41. The first-order chi connectivity index (χ1) is 8.77. The van der Waals surface area contributed by atoms with Crippen LogP contribution in [0.3, 0.4) is 0 Å². The van der Waals surface area contributed by atoms with Gasteiger partial charge in [0.25, 0.3) is 0 Å². The molecule has 0 radical (unpaired) electrons. The Kier molecular flexibility index (Phi) is 4.82. The molecule has 0 aromatic heterocycles. The van der Waals surface area contributed by atoms with E-state index in [0.29, 0.717) is 12.2 Å². The van der Waals surface area contributed by atoms with Gasteiger partial charge >= 0.3 is 0 Å². The minimum atomic E-state index is -0.387. The Morgan fingerprint density at radius 1 is 1.61 bits per heavy atom. The Morgan fingerprint density at radius 2 is 2.44 bits per heavy atom. The molecule has 2 atom stereocenters. The Balaban J connectivity index is 2.26. The summed E-state index contributed by atoms with van der Waals surface area (Å²) in [4.78, 5) is 0. The van der Waals surface area contributed by atoms with Crippen molar-refractivity contribution >= 4 is 11.8 Å². The van der Waals surface area contributed by atoms with Crippen LogP contribution in [0.5, 0.6) is 5.75 Å². The minimum Gasteiger partial charge on any atom is -0.494 e. The molecule has 1 aliphatic heterocycles. The van der Waals surface area contributed by atoms with Gasteiger partial charge in [-0.25, -0.2) is 4.39 Å². The Morgan fingerprint density at radius 3 is 3.06 bits per heavy atom. The largest absolute Gasteiger partial charge is 0.494 e. The van der Waals surface area contributed by atoms with Gasteiger partial charge in [0.15, 0.2) is 11.6 Å². The second-order valence-corrected chi connectivity index (χ2v) is 5.14. The van der Waals surface area contributed by atoms with Crippen molar-refractivity contribution in [3.63, 3.8) is 0 Å². The van der Waals surface area contributed by atoms with Crippen molar-refractivity contribution in [2.45, 2.75) is 12.1 Å². The summed E-state index contributed by atoms with van der Waals surface area (Å²) < 4.78 is 24.8. The molecule has 4 nitrogen and oxygen atoms in total. The van der Waals surface area contributed by atoms with Crippen molar-refractivity contribution in [1.82, 2.24) is 5.43 Å². The van der Waals surface area contributed by atoms with Crippen LogP contribution in [-0.4, -0.2) is 31.3 Å². The molecule has 2 unspecified atom stereocenters. The number of hydrogen-bond acceptors (Lipinski definition) is 5. The van der Waals surface area contributed by atoms with E-state index in [2.05, 4.69) is 5.43 Å². The predicted octanol–water partition coefficient (Wildman–Crippen LogP) is 1.47. The summed E-state index contributed by atoms with van der Waals surface area (Å²) >= 11 is 1.78. The maximum Gasteiger partial charge on any atom is 0.169 e. The van der Waals surface area contributed by atoms with Crippen LogP contribution in [0, 0.1) is 5.82 Å². The minimum absolute atomic E-state index is 0.129. The molecule has 1 saturated heterocycles. The number of methoxy groups -OCH3 is 1. The van der Waals surface area contributed by atoms with E-state index in [4.69, 9.17) is 15.3 Å². The molecule has 1 heterocycles. The molecule has 1 aromatic rings. The van der Waals surface area contributed by atoms with E-state index in [-0.39, 0.29) is 23.7 Å². The van der Waals surface area contributed by atoms with Crippen molar-refractivity contribution in [2.24, 2.45) is 5.84 Å². The number of hydrazine groups is 1. The highest BCUT2D eigenvalue weighted by Gasteiger charge is 2.28. The third kappa shape index (κ3) is 2.77. The molecule has 0 spiro atoms. The molecule has 100 valence electrons. The molecule has 1 aromatic carbocycles. The van der Waals surface area contributed by atoms with Crippen LogP contribution >= 0.6 is 11.8 Å². The van der Waals surface area contributed by atoms with Gasteiger partial charge in [-0.15, -0.1) is 0 Å². The van der Waals surface area contributed by atoms with Gasteiger partial charge in [0.1, 0.15) is 0 Å². The van der Waals surface area contributed by atoms with Gasteiger partial charge in [0.2, 0.25) is 0 Å². The van der Waals surface area contributed by atoms with E-state index in [9.17, 15) is 4.39 Å². The fraction of sp³-hybridized carbons (Fsp3) is 0.500. The van der Waals surface area contributed by atoms with E-state index < -0.39 is 0 Å². The molecule has 1 aliphatic rings. The molecule has 0 saturated carbocycles. The van der Waals surface area contributed by atoms with Crippen LogP contribution in [0.15, 0.2) is 18.2 Å². The zero-order valence-corrected chi connectivity index (χ0v) is 11.0. The summed E-state index contributed by atoms with van der Waals surface area (Å²) in [5.41, 5.74) is 3.12. The van der Waals surface area contributed by atoms with Crippen molar-refractivity contribution < 1.29 is 13.9 Å². The van der Waals surface area contributed by atoms with Gasteiger partial charge in [-0.1, -0.05) is 12.1 Å². The maximum atomic E-state index is 14.2. The van der Waals surface area contributed by atoms with Gasteiger partial charge in [-0.3, -0.25) is 11.3 Å². The van der Waals surface area contributed by atoms with Crippen LogP contribution < -0.4 is 16.0 Å². The molecule has 0 bridgehead atoms. The number of benzene rings is 1. The van der Waals surface area contributed by atoms with E-state index >= 15 is 0 Å². The highest BCUT2D eigenvalue weighted by atomic mass is 32.2. The summed E-state index contributed by atoms with van der Waals surface area (Å²) in [5, 5.41) is 0. The number of hydrogen-bond donors (Lipinski definition) is 2. The summed E-state index contributed by atoms with van der Waals surface area (Å²) in [5.74, 6) is 7.14. The summed E-state index contributed by atoms with van der Waals surface area (Å²) in [7, 11) is 1.44. The second kappa shape index (κ2) is 6.38. The average molecular weight is 272 g/mol. The van der Waals surface area contributed by atoms with Gasteiger partial charge in [0.05, 0.1) is 25.9 Å². The first-order valence-corrected chi connectivity index (χ1v) is 6.91. The number of halogens is 1. The van der Waals surface area contributed by atoms with Crippen LogP contribution in [0.25, 0.3) is 0 Å². The van der Waals surface area contributed by atoms with Crippen LogP contribution in [0.1, 0.15) is 11.6 Å². The third-order valence-electron chi connectivity index (χ3n) is 2.94. The third-order valence-corrected chi connectivity index (χ3v) is 3.96. The normalized spacial score (nSPS) is 21.6. The first kappa shape index (κ1) is 13.6. The van der Waals surface area contributed by atoms with E-state index in [0.717, 1.165) is 11.5 Å². The number of nitrogens with one attached hydrogen (secondary N) is 1. The SMILES string of the molecule is COc1cccc(C(NN)C2CSCCO2)c1F. The van der Waals surface area contributed by atoms with Crippen LogP contribution in [0.2, 0.25) is 0 Å². The van der Waals surface area contributed by atoms with E-state index in [1.807, 2.05) is 0 Å².